The van der Waals surface area contributed by atoms with E-state index in [0.717, 1.165) is 4.90 Å². The normalized spacial score (nSPS) is 17.4. The Balaban J connectivity index is 1.93. The second kappa shape index (κ2) is 8.70. The zero-order valence-corrected chi connectivity index (χ0v) is 18.2. The third kappa shape index (κ3) is 3.89. The van der Waals surface area contributed by atoms with Gasteiger partial charge >= 0.3 is 5.91 Å². The number of nitrogens with zero attached hydrogens (tertiary/aromatic N) is 2. The van der Waals surface area contributed by atoms with Crippen LogP contribution in [0.1, 0.15) is 29.9 Å². The van der Waals surface area contributed by atoms with E-state index in [-0.39, 0.29) is 28.6 Å². The number of anilines is 1. The van der Waals surface area contributed by atoms with Crippen LogP contribution >= 0.6 is 0 Å². The van der Waals surface area contributed by atoms with Crippen molar-refractivity contribution in [1.82, 2.24) is 5.16 Å². The highest BCUT2D eigenvalue weighted by molar-refractivity contribution is 6.51. The number of ketones is 1. The molecule has 170 valence electrons. The largest absolute Gasteiger partial charge is 0.507 e. The van der Waals surface area contributed by atoms with Gasteiger partial charge in [0.15, 0.2) is 17.3 Å². The van der Waals surface area contributed by atoms with E-state index in [1.54, 1.807) is 44.2 Å². The monoisotopic (exact) mass is 450 g/mol. The molecule has 33 heavy (non-hydrogen) atoms. The summed E-state index contributed by atoms with van der Waals surface area (Å²) in [5, 5.41) is 25.1. The van der Waals surface area contributed by atoms with E-state index < -0.39 is 17.7 Å². The minimum absolute atomic E-state index is 0.0926. The van der Waals surface area contributed by atoms with Gasteiger partial charge in [0.05, 0.1) is 25.3 Å². The Labute approximate surface area is 189 Å². The summed E-state index contributed by atoms with van der Waals surface area (Å²) in [6.45, 7) is 3.72. The second-order valence-electron chi connectivity index (χ2n) is 7.35. The number of carbonyl (C=O) groups is 2. The van der Waals surface area contributed by atoms with E-state index in [1.807, 2.05) is 0 Å². The van der Waals surface area contributed by atoms with E-state index in [0.29, 0.717) is 29.2 Å². The molecule has 0 radical (unpaired) electrons. The maximum absolute atomic E-state index is 13.1. The van der Waals surface area contributed by atoms with Crippen LogP contribution < -0.4 is 14.4 Å². The van der Waals surface area contributed by atoms with Crippen LogP contribution in [0.25, 0.3) is 5.76 Å². The summed E-state index contributed by atoms with van der Waals surface area (Å²) in [6.07, 6.45) is 0. The first-order valence-corrected chi connectivity index (χ1v) is 10.2. The minimum atomic E-state index is -1.03. The standard InChI is InChI=1S/C24H22N2O7/c1-4-32-18-12-15(7-10-17(18)27)21-20(22(28)14-5-8-16(31-3)9-6-14)23(29)24(30)26(21)19-11-13(2)33-25-19/h5-12,21,27-28H,4H2,1-3H3/b22-20+/t21-/m1/s1. The molecule has 0 bridgehead atoms. The fourth-order valence-electron chi connectivity index (χ4n) is 3.73. The van der Waals surface area contributed by atoms with E-state index in [4.69, 9.17) is 14.0 Å². The van der Waals surface area contributed by atoms with Crippen molar-refractivity contribution in [2.24, 2.45) is 0 Å². The number of aliphatic hydroxyl groups is 1. The highest BCUT2D eigenvalue weighted by Crippen LogP contribution is 2.43. The summed E-state index contributed by atoms with van der Waals surface area (Å²) >= 11 is 0. The van der Waals surface area contributed by atoms with Gasteiger partial charge in [-0.1, -0.05) is 11.2 Å². The molecule has 1 fully saturated rings. The molecule has 9 heteroatoms. The van der Waals surface area contributed by atoms with E-state index in [1.165, 1.54) is 25.3 Å². The second-order valence-corrected chi connectivity index (χ2v) is 7.35. The Bertz CT molecular complexity index is 1240. The van der Waals surface area contributed by atoms with Crippen molar-refractivity contribution in [3.63, 3.8) is 0 Å². The number of carbonyl (C=O) groups excluding carboxylic acids is 2. The van der Waals surface area contributed by atoms with Crippen LogP contribution in [0.5, 0.6) is 17.2 Å². The van der Waals surface area contributed by atoms with Gasteiger partial charge in [0, 0.05) is 11.6 Å². The average Bonchev–Trinajstić information content (AvgIpc) is 3.35. The van der Waals surface area contributed by atoms with Crippen LogP contribution in [0.4, 0.5) is 5.82 Å². The number of phenolic OH excluding ortho intramolecular Hbond substituents is 1. The molecule has 1 aliphatic rings. The third-order valence-corrected chi connectivity index (χ3v) is 5.27. The van der Waals surface area contributed by atoms with Gasteiger partial charge in [0.2, 0.25) is 0 Å². The summed E-state index contributed by atoms with van der Waals surface area (Å²) in [4.78, 5) is 27.4. The first kappa shape index (κ1) is 21.9. The number of hydrogen-bond donors (Lipinski definition) is 2. The van der Waals surface area contributed by atoms with E-state index in [2.05, 4.69) is 5.16 Å². The zero-order valence-electron chi connectivity index (χ0n) is 18.2. The molecule has 1 amide bonds. The lowest BCUT2D eigenvalue weighted by molar-refractivity contribution is -0.132. The number of benzene rings is 2. The van der Waals surface area contributed by atoms with Crippen molar-refractivity contribution in [2.75, 3.05) is 18.6 Å². The van der Waals surface area contributed by atoms with Gasteiger partial charge in [-0.15, -0.1) is 0 Å². The lowest BCUT2D eigenvalue weighted by Gasteiger charge is -2.23. The molecular formula is C24H22N2O7. The molecule has 0 saturated carbocycles. The smallest absolute Gasteiger partial charge is 0.301 e. The number of ether oxygens (including phenoxy) is 2. The number of phenols is 1. The first-order valence-electron chi connectivity index (χ1n) is 10.2. The first-order chi connectivity index (χ1) is 15.8. The van der Waals surface area contributed by atoms with Gasteiger partial charge in [-0.2, -0.15) is 0 Å². The van der Waals surface area contributed by atoms with Crippen LogP contribution in [-0.2, 0) is 9.59 Å². The predicted octanol–water partition coefficient (Wildman–Crippen LogP) is 3.72. The maximum Gasteiger partial charge on any atom is 0.301 e. The summed E-state index contributed by atoms with van der Waals surface area (Å²) in [5.41, 5.74) is 0.643. The Morgan fingerprint density at radius 1 is 1.15 bits per heavy atom. The molecule has 0 spiro atoms. The van der Waals surface area contributed by atoms with Gasteiger partial charge in [-0.05, 0) is 55.8 Å². The minimum Gasteiger partial charge on any atom is -0.507 e. The lowest BCUT2D eigenvalue weighted by Crippen LogP contribution is -2.29. The molecule has 1 aliphatic heterocycles. The summed E-state index contributed by atoms with van der Waals surface area (Å²) in [5.74, 6) is -0.863. The van der Waals surface area contributed by atoms with Crippen LogP contribution in [0.15, 0.2) is 58.6 Å². The van der Waals surface area contributed by atoms with Crippen molar-refractivity contribution in [1.29, 1.82) is 0 Å². The molecule has 9 nitrogen and oxygen atoms in total. The fraction of sp³-hybridized carbons (Fsp3) is 0.208. The maximum atomic E-state index is 13.1. The van der Waals surface area contributed by atoms with E-state index in [9.17, 15) is 19.8 Å². The number of aryl methyl sites for hydroxylation is 1. The van der Waals surface area contributed by atoms with Crippen molar-refractivity contribution in [2.45, 2.75) is 19.9 Å². The molecule has 2 aromatic carbocycles. The summed E-state index contributed by atoms with van der Waals surface area (Å²) in [7, 11) is 1.51. The van der Waals surface area contributed by atoms with Gasteiger partial charge < -0.3 is 24.2 Å². The van der Waals surface area contributed by atoms with Crippen molar-refractivity contribution in [3.8, 4) is 17.2 Å². The fourth-order valence-corrected chi connectivity index (χ4v) is 3.73. The van der Waals surface area contributed by atoms with Gasteiger partial charge in [0.1, 0.15) is 17.3 Å². The molecule has 4 rings (SSSR count). The van der Waals surface area contributed by atoms with Crippen molar-refractivity contribution >= 4 is 23.3 Å². The lowest BCUT2D eigenvalue weighted by atomic mass is 9.95. The predicted molar refractivity (Wildman–Crippen MR) is 118 cm³/mol. The number of rotatable bonds is 6. The van der Waals surface area contributed by atoms with Crippen LogP contribution in [0, 0.1) is 6.92 Å². The molecule has 1 saturated heterocycles. The molecule has 0 aliphatic carbocycles. The zero-order chi connectivity index (χ0) is 23.7. The van der Waals surface area contributed by atoms with Crippen LogP contribution in [0.3, 0.4) is 0 Å². The average molecular weight is 450 g/mol. The Hall–Kier alpha value is -4.27. The number of aromatic hydroxyl groups is 1. The van der Waals surface area contributed by atoms with Gasteiger partial charge in [-0.3, -0.25) is 14.5 Å². The van der Waals surface area contributed by atoms with Crippen molar-refractivity contribution in [3.05, 3.63) is 71.0 Å². The highest BCUT2D eigenvalue weighted by Gasteiger charge is 2.48. The topological polar surface area (TPSA) is 122 Å². The molecular weight excluding hydrogens is 428 g/mol. The number of hydrogen-bond acceptors (Lipinski definition) is 8. The Morgan fingerprint density at radius 3 is 2.48 bits per heavy atom. The van der Waals surface area contributed by atoms with Crippen LogP contribution in [0.2, 0.25) is 0 Å². The van der Waals surface area contributed by atoms with Crippen molar-refractivity contribution < 1.29 is 33.8 Å². The van der Waals surface area contributed by atoms with Gasteiger partial charge in [0.25, 0.3) is 5.78 Å². The molecule has 1 atom stereocenters. The molecule has 2 N–H and O–H groups in total. The molecule has 2 heterocycles. The van der Waals surface area contributed by atoms with E-state index >= 15 is 0 Å². The Morgan fingerprint density at radius 2 is 1.88 bits per heavy atom. The molecule has 3 aromatic rings. The number of aliphatic hydroxyl groups excluding tert-OH is 1. The quantitative estimate of drug-likeness (QED) is 0.331. The number of amides is 1. The Kier molecular flexibility index (Phi) is 5.78. The molecule has 1 aromatic heterocycles. The number of Topliss-reactive ketones (excluding diaryl/α,β-unsaturated/α-hetero) is 1. The SMILES string of the molecule is CCOc1cc([C@@H]2/C(=C(\O)c3ccc(OC)cc3)C(=O)C(=O)N2c2cc(C)on2)ccc1O. The summed E-state index contributed by atoms with van der Waals surface area (Å²) < 4.78 is 15.7. The third-order valence-electron chi connectivity index (χ3n) is 5.27. The molecule has 0 unspecified atom stereocenters. The highest BCUT2D eigenvalue weighted by atomic mass is 16.5. The summed E-state index contributed by atoms with van der Waals surface area (Å²) in [6, 6.07) is 11.4. The number of methoxy groups -OCH3 is 1. The van der Waals surface area contributed by atoms with Crippen LogP contribution in [-0.4, -0.2) is 40.8 Å². The number of aromatic nitrogens is 1. The van der Waals surface area contributed by atoms with Gasteiger partial charge in [-0.25, -0.2) is 0 Å².